The molecule has 6 nitrogen and oxygen atoms in total. The number of carbonyl (C=O) groups is 1. The van der Waals surface area contributed by atoms with Crippen LogP contribution in [0.15, 0.2) is 40.2 Å². The topological polar surface area (TPSA) is 83.8 Å². The van der Waals surface area contributed by atoms with Crippen LogP contribution in [0.5, 0.6) is 0 Å². The molecule has 0 radical (unpaired) electrons. The van der Waals surface area contributed by atoms with Crippen molar-refractivity contribution in [2.45, 2.75) is 13.8 Å². The monoisotopic (exact) mass is 338 g/mol. The van der Waals surface area contributed by atoms with E-state index in [4.69, 9.17) is 4.52 Å². The Hall–Kier alpha value is -2.93. The summed E-state index contributed by atoms with van der Waals surface area (Å²) in [5.41, 5.74) is 4.25. The molecule has 0 spiro atoms. The number of hydrogen-bond donors (Lipinski definition) is 2. The number of aromatic nitrogens is 3. The number of rotatable bonds is 3. The van der Waals surface area contributed by atoms with Gasteiger partial charge in [-0.05, 0) is 19.9 Å². The molecule has 0 aliphatic carbocycles. The fourth-order valence-electron chi connectivity index (χ4n) is 2.69. The van der Waals surface area contributed by atoms with Gasteiger partial charge in [0.05, 0.1) is 5.69 Å². The van der Waals surface area contributed by atoms with Crippen LogP contribution in [0.25, 0.3) is 22.2 Å². The molecule has 0 bridgehead atoms. The molecule has 1 aromatic carbocycles. The Kier molecular flexibility index (Phi) is 3.42. The molecule has 0 saturated heterocycles. The maximum atomic E-state index is 12.1. The van der Waals surface area contributed by atoms with Crippen molar-refractivity contribution < 1.29 is 9.32 Å². The van der Waals surface area contributed by atoms with Crippen molar-refractivity contribution in [2.24, 2.45) is 0 Å². The maximum absolute atomic E-state index is 12.1. The number of anilines is 1. The number of para-hydroxylation sites is 1. The predicted molar refractivity (Wildman–Crippen MR) is 93.3 cm³/mol. The molecule has 4 aromatic rings. The lowest BCUT2D eigenvalue weighted by Gasteiger charge is -1.98. The van der Waals surface area contributed by atoms with E-state index in [0.29, 0.717) is 10.9 Å². The molecule has 4 rings (SSSR count). The van der Waals surface area contributed by atoms with Crippen molar-refractivity contribution in [2.75, 3.05) is 5.32 Å². The van der Waals surface area contributed by atoms with Crippen molar-refractivity contribution in [1.29, 1.82) is 0 Å². The minimum atomic E-state index is -0.330. The third-order valence-corrected chi connectivity index (χ3v) is 4.49. The minimum Gasteiger partial charge on any atom is -0.361 e. The van der Waals surface area contributed by atoms with E-state index in [1.807, 2.05) is 30.5 Å². The Balaban J connectivity index is 1.65. The van der Waals surface area contributed by atoms with E-state index in [9.17, 15) is 4.79 Å². The molecule has 0 aliphatic heterocycles. The number of benzene rings is 1. The average Bonchev–Trinajstić information content (AvgIpc) is 3.25. The number of amides is 1. The summed E-state index contributed by atoms with van der Waals surface area (Å²) in [5.74, 6) is 0.262. The van der Waals surface area contributed by atoms with Gasteiger partial charge >= 0.3 is 0 Å². The van der Waals surface area contributed by atoms with Gasteiger partial charge in [-0.15, -0.1) is 11.3 Å². The second-order valence-corrected chi connectivity index (χ2v) is 6.34. The third kappa shape index (κ3) is 2.48. The fraction of sp³-hybridized carbons (Fsp3) is 0.118. The molecule has 120 valence electrons. The van der Waals surface area contributed by atoms with Crippen molar-refractivity contribution in [3.05, 3.63) is 52.9 Å². The van der Waals surface area contributed by atoms with Crippen LogP contribution in [-0.2, 0) is 0 Å². The number of fused-ring (bicyclic) bond motifs is 1. The van der Waals surface area contributed by atoms with E-state index in [-0.39, 0.29) is 11.6 Å². The highest BCUT2D eigenvalue weighted by molar-refractivity contribution is 7.14. The van der Waals surface area contributed by atoms with Crippen LogP contribution < -0.4 is 5.32 Å². The molecule has 0 fully saturated rings. The predicted octanol–water partition coefficient (Wildman–Crippen LogP) is 4.15. The molecule has 3 heterocycles. The van der Waals surface area contributed by atoms with Crippen LogP contribution in [0.2, 0.25) is 0 Å². The molecular formula is C17H14N4O2S. The first-order chi connectivity index (χ1) is 11.6. The van der Waals surface area contributed by atoms with Gasteiger partial charge in [0.1, 0.15) is 5.76 Å². The molecule has 0 saturated carbocycles. The first-order valence-corrected chi connectivity index (χ1v) is 8.27. The van der Waals surface area contributed by atoms with Gasteiger partial charge in [0.2, 0.25) is 0 Å². The van der Waals surface area contributed by atoms with Gasteiger partial charge < -0.3 is 9.51 Å². The quantitative estimate of drug-likeness (QED) is 0.588. The van der Waals surface area contributed by atoms with Crippen LogP contribution >= 0.6 is 11.3 Å². The Morgan fingerprint density at radius 3 is 2.92 bits per heavy atom. The summed E-state index contributed by atoms with van der Waals surface area (Å²) in [7, 11) is 0. The number of aromatic amines is 1. The average molecular weight is 338 g/mol. The zero-order chi connectivity index (χ0) is 16.7. The number of hydrogen-bond acceptors (Lipinski definition) is 5. The molecule has 0 atom stereocenters. The van der Waals surface area contributed by atoms with E-state index in [1.165, 1.54) is 11.3 Å². The van der Waals surface area contributed by atoms with Gasteiger partial charge in [-0.1, -0.05) is 23.4 Å². The van der Waals surface area contributed by atoms with Crippen molar-refractivity contribution in [3.8, 4) is 11.3 Å². The zero-order valence-corrected chi connectivity index (χ0v) is 13.9. The lowest BCUT2D eigenvalue weighted by atomic mass is 10.1. The summed E-state index contributed by atoms with van der Waals surface area (Å²) < 4.78 is 4.92. The highest BCUT2D eigenvalue weighted by Gasteiger charge is 2.16. The van der Waals surface area contributed by atoms with E-state index in [1.54, 1.807) is 13.0 Å². The molecule has 24 heavy (non-hydrogen) atoms. The summed E-state index contributed by atoms with van der Waals surface area (Å²) in [6.45, 7) is 3.76. The van der Waals surface area contributed by atoms with E-state index < -0.39 is 0 Å². The Morgan fingerprint density at radius 1 is 1.29 bits per heavy atom. The first kappa shape index (κ1) is 14.6. The lowest BCUT2D eigenvalue weighted by molar-refractivity contribution is 0.101. The van der Waals surface area contributed by atoms with Gasteiger partial charge in [0.15, 0.2) is 10.8 Å². The summed E-state index contributed by atoms with van der Waals surface area (Å²) in [4.78, 5) is 20.0. The number of nitrogens with one attached hydrogen (secondary N) is 2. The van der Waals surface area contributed by atoms with Gasteiger partial charge in [-0.25, -0.2) is 4.98 Å². The number of carbonyl (C=O) groups excluding carboxylic acids is 1. The molecule has 2 N–H and O–H groups in total. The standard InChI is InChI=1S/C17H14N4O2S/c1-9-7-13(21-23-9)16(22)20-17-19-14(8-24-17)15-10(2)18-12-6-4-3-5-11(12)15/h3-8,18H,1-2H3,(H,19,20,22). The number of nitrogens with zero attached hydrogens (tertiary/aromatic N) is 2. The smallest absolute Gasteiger partial charge is 0.279 e. The summed E-state index contributed by atoms with van der Waals surface area (Å²) in [6.07, 6.45) is 0. The van der Waals surface area contributed by atoms with Crippen LogP contribution in [-0.4, -0.2) is 21.0 Å². The number of thiazole rings is 1. The largest absolute Gasteiger partial charge is 0.361 e. The van der Waals surface area contributed by atoms with Crippen LogP contribution in [0.4, 0.5) is 5.13 Å². The van der Waals surface area contributed by atoms with Gasteiger partial charge in [-0.3, -0.25) is 10.1 Å². The SMILES string of the molecule is Cc1cc(C(=O)Nc2nc(-c3c(C)[nH]c4ccccc34)cs2)no1. The van der Waals surface area contributed by atoms with E-state index in [0.717, 1.165) is 27.9 Å². The number of aryl methyl sites for hydroxylation is 2. The number of H-pyrrole nitrogens is 1. The van der Waals surface area contributed by atoms with E-state index >= 15 is 0 Å². The fourth-order valence-corrected chi connectivity index (χ4v) is 3.38. The van der Waals surface area contributed by atoms with Crippen LogP contribution in [0.3, 0.4) is 0 Å². The maximum Gasteiger partial charge on any atom is 0.279 e. The molecule has 0 unspecified atom stereocenters. The lowest BCUT2D eigenvalue weighted by Crippen LogP contribution is -2.11. The Morgan fingerprint density at radius 2 is 2.12 bits per heavy atom. The Labute approximate surface area is 141 Å². The zero-order valence-electron chi connectivity index (χ0n) is 13.1. The summed E-state index contributed by atoms with van der Waals surface area (Å²) in [6, 6.07) is 9.68. The van der Waals surface area contributed by atoms with Crippen LogP contribution in [0.1, 0.15) is 21.9 Å². The highest BCUT2D eigenvalue weighted by atomic mass is 32.1. The summed E-state index contributed by atoms with van der Waals surface area (Å²) in [5, 5.41) is 10.0. The van der Waals surface area contributed by atoms with Crippen LogP contribution in [0, 0.1) is 13.8 Å². The third-order valence-electron chi connectivity index (χ3n) is 3.73. The highest BCUT2D eigenvalue weighted by Crippen LogP contribution is 2.33. The molecular weight excluding hydrogens is 324 g/mol. The molecule has 3 aromatic heterocycles. The minimum absolute atomic E-state index is 0.243. The van der Waals surface area contributed by atoms with Crippen molar-refractivity contribution in [3.63, 3.8) is 0 Å². The summed E-state index contributed by atoms with van der Waals surface area (Å²) >= 11 is 1.38. The van der Waals surface area contributed by atoms with Gasteiger partial charge in [0.25, 0.3) is 5.91 Å². The molecule has 0 aliphatic rings. The van der Waals surface area contributed by atoms with E-state index in [2.05, 4.69) is 26.5 Å². The Bertz CT molecular complexity index is 1040. The molecule has 1 amide bonds. The van der Waals surface area contributed by atoms with Crippen molar-refractivity contribution >= 4 is 33.3 Å². The first-order valence-electron chi connectivity index (χ1n) is 7.39. The van der Waals surface area contributed by atoms with Gasteiger partial charge in [-0.2, -0.15) is 0 Å². The second-order valence-electron chi connectivity index (χ2n) is 5.49. The molecule has 7 heteroatoms. The van der Waals surface area contributed by atoms with Crippen molar-refractivity contribution in [1.82, 2.24) is 15.1 Å². The van der Waals surface area contributed by atoms with Gasteiger partial charge in [0, 0.05) is 33.6 Å². The second kappa shape index (κ2) is 5.61. The normalized spacial score (nSPS) is 11.1.